The van der Waals surface area contributed by atoms with Crippen molar-refractivity contribution >= 4 is 23.7 Å². The van der Waals surface area contributed by atoms with Crippen molar-refractivity contribution in [1.29, 1.82) is 0 Å². The normalized spacial score (nSPS) is 17.2. The number of thiophene rings is 1. The molecule has 114 valence electrons. The third-order valence-corrected chi connectivity index (χ3v) is 4.57. The lowest BCUT2D eigenvalue weighted by atomic mass is 9.97. The minimum absolute atomic E-state index is 0. The summed E-state index contributed by atoms with van der Waals surface area (Å²) in [6, 6.07) is 7.91. The minimum atomic E-state index is -0.127. The number of benzene rings is 1. The Morgan fingerprint density at radius 3 is 2.57 bits per heavy atom. The molecule has 1 atom stereocenters. The van der Waals surface area contributed by atoms with Gasteiger partial charge in [0.1, 0.15) is 5.82 Å². The van der Waals surface area contributed by atoms with Crippen LogP contribution in [-0.2, 0) is 0 Å². The summed E-state index contributed by atoms with van der Waals surface area (Å²) in [6.07, 6.45) is 0. The fourth-order valence-corrected chi connectivity index (χ4v) is 3.50. The van der Waals surface area contributed by atoms with Gasteiger partial charge in [-0.05, 0) is 46.5 Å². The second kappa shape index (κ2) is 7.36. The Labute approximate surface area is 135 Å². The molecule has 1 aromatic heterocycles. The first-order valence-corrected chi connectivity index (χ1v) is 7.93. The summed E-state index contributed by atoms with van der Waals surface area (Å²) in [4.78, 5) is 2.48. The van der Waals surface area contributed by atoms with Crippen LogP contribution >= 0.6 is 23.7 Å². The fourth-order valence-electron chi connectivity index (χ4n) is 2.82. The van der Waals surface area contributed by atoms with Crippen LogP contribution in [0.25, 0.3) is 0 Å². The molecule has 0 unspecified atom stereocenters. The van der Waals surface area contributed by atoms with Crippen LogP contribution in [0.1, 0.15) is 22.7 Å². The number of aryl methyl sites for hydroxylation is 1. The Morgan fingerprint density at radius 1 is 1.19 bits per heavy atom. The van der Waals surface area contributed by atoms with Crippen LogP contribution in [-0.4, -0.2) is 31.1 Å². The zero-order valence-electron chi connectivity index (χ0n) is 12.0. The molecule has 1 fully saturated rings. The second-order valence-electron chi connectivity index (χ2n) is 5.25. The Bertz CT molecular complexity index is 568. The van der Waals surface area contributed by atoms with Gasteiger partial charge in [-0.2, -0.15) is 11.3 Å². The zero-order chi connectivity index (χ0) is 13.9. The minimum Gasteiger partial charge on any atom is -0.314 e. The van der Waals surface area contributed by atoms with Crippen LogP contribution in [0, 0.1) is 12.7 Å². The molecule has 0 amide bonds. The molecule has 1 N–H and O–H groups in total. The van der Waals surface area contributed by atoms with Gasteiger partial charge in [-0.25, -0.2) is 4.39 Å². The van der Waals surface area contributed by atoms with Gasteiger partial charge in [-0.3, -0.25) is 4.90 Å². The average Bonchev–Trinajstić information content (AvgIpc) is 2.98. The lowest BCUT2D eigenvalue weighted by molar-refractivity contribution is 0.198. The maximum atomic E-state index is 13.5. The Morgan fingerprint density at radius 2 is 1.95 bits per heavy atom. The molecule has 3 rings (SSSR count). The van der Waals surface area contributed by atoms with E-state index in [0.29, 0.717) is 0 Å². The van der Waals surface area contributed by atoms with Gasteiger partial charge in [0.05, 0.1) is 6.04 Å². The molecule has 2 aromatic rings. The molecule has 0 aliphatic carbocycles. The van der Waals surface area contributed by atoms with Crippen LogP contribution in [0.3, 0.4) is 0 Å². The molecule has 0 radical (unpaired) electrons. The maximum Gasteiger partial charge on any atom is 0.126 e. The van der Waals surface area contributed by atoms with Crippen LogP contribution in [0.5, 0.6) is 0 Å². The quantitative estimate of drug-likeness (QED) is 0.927. The van der Waals surface area contributed by atoms with E-state index in [2.05, 4.69) is 27.0 Å². The van der Waals surface area contributed by atoms with Crippen LogP contribution in [0.2, 0.25) is 0 Å². The van der Waals surface area contributed by atoms with Gasteiger partial charge >= 0.3 is 0 Å². The van der Waals surface area contributed by atoms with Crippen molar-refractivity contribution in [2.45, 2.75) is 13.0 Å². The van der Waals surface area contributed by atoms with Crippen molar-refractivity contribution < 1.29 is 4.39 Å². The van der Waals surface area contributed by atoms with E-state index in [1.807, 2.05) is 19.1 Å². The zero-order valence-corrected chi connectivity index (χ0v) is 13.6. The van der Waals surface area contributed by atoms with Crippen LogP contribution in [0.15, 0.2) is 35.0 Å². The van der Waals surface area contributed by atoms with E-state index in [9.17, 15) is 4.39 Å². The van der Waals surface area contributed by atoms with Crippen molar-refractivity contribution in [2.75, 3.05) is 26.2 Å². The Hall–Kier alpha value is -0.940. The molecule has 1 aliphatic rings. The number of halogens is 2. The summed E-state index contributed by atoms with van der Waals surface area (Å²) in [6.45, 7) is 5.91. The number of hydrogen-bond donors (Lipinski definition) is 1. The van der Waals surface area contributed by atoms with E-state index >= 15 is 0 Å². The number of hydrogen-bond acceptors (Lipinski definition) is 3. The van der Waals surface area contributed by atoms with Crippen molar-refractivity contribution in [2.24, 2.45) is 0 Å². The maximum absolute atomic E-state index is 13.5. The van der Waals surface area contributed by atoms with E-state index in [1.54, 1.807) is 17.4 Å². The molecule has 0 spiro atoms. The predicted octanol–water partition coefficient (Wildman–Crippen LogP) is 3.61. The average molecular weight is 327 g/mol. The fraction of sp³-hybridized carbons (Fsp3) is 0.375. The summed E-state index contributed by atoms with van der Waals surface area (Å²) in [7, 11) is 0. The van der Waals surface area contributed by atoms with Gasteiger partial charge < -0.3 is 5.32 Å². The molecule has 5 heteroatoms. The van der Waals surface area contributed by atoms with Crippen molar-refractivity contribution in [3.63, 3.8) is 0 Å². The first-order valence-electron chi connectivity index (χ1n) is 6.98. The highest BCUT2D eigenvalue weighted by atomic mass is 35.5. The smallest absolute Gasteiger partial charge is 0.126 e. The monoisotopic (exact) mass is 326 g/mol. The highest BCUT2D eigenvalue weighted by molar-refractivity contribution is 7.08. The molecule has 2 heterocycles. The molecule has 1 aliphatic heterocycles. The third-order valence-electron chi connectivity index (χ3n) is 3.87. The Balaban J connectivity index is 0.00000161. The summed E-state index contributed by atoms with van der Waals surface area (Å²) >= 11 is 1.72. The number of piperazine rings is 1. The largest absolute Gasteiger partial charge is 0.314 e. The summed E-state index contributed by atoms with van der Waals surface area (Å²) in [5, 5.41) is 7.70. The van der Waals surface area contributed by atoms with Crippen molar-refractivity contribution in [3.8, 4) is 0 Å². The topological polar surface area (TPSA) is 15.3 Å². The lowest BCUT2D eigenvalue weighted by Gasteiger charge is -2.35. The molecule has 21 heavy (non-hydrogen) atoms. The lowest BCUT2D eigenvalue weighted by Crippen LogP contribution is -2.45. The van der Waals surface area contributed by atoms with E-state index in [-0.39, 0.29) is 24.3 Å². The molecule has 0 bridgehead atoms. The highest BCUT2D eigenvalue weighted by Crippen LogP contribution is 2.31. The number of rotatable bonds is 3. The number of nitrogens with zero attached hydrogens (tertiary/aromatic N) is 1. The molecule has 0 saturated carbocycles. The van der Waals surface area contributed by atoms with Gasteiger partial charge in [0, 0.05) is 26.2 Å². The summed E-state index contributed by atoms with van der Waals surface area (Å²) in [5.41, 5.74) is 3.21. The molecule has 1 aromatic carbocycles. The standard InChI is InChI=1S/C16H19FN2S.ClH/c1-12-10-13(2-3-15(12)17)16(14-4-9-20-11-14)19-7-5-18-6-8-19;/h2-4,9-11,16,18H,5-8H2,1H3;1H/t16-;/m1./s1. The van der Waals surface area contributed by atoms with Gasteiger partial charge in [0.25, 0.3) is 0 Å². The molecular weight excluding hydrogens is 307 g/mol. The number of nitrogens with one attached hydrogen (secondary N) is 1. The highest BCUT2D eigenvalue weighted by Gasteiger charge is 2.24. The first-order chi connectivity index (χ1) is 9.75. The third kappa shape index (κ3) is 3.64. The van der Waals surface area contributed by atoms with Gasteiger partial charge in [-0.15, -0.1) is 12.4 Å². The summed E-state index contributed by atoms with van der Waals surface area (Å²) < 4.78 is 13.5. The molecule has 2 nitrogen and oxygen atoms in total. The van der Waals surface area contributed by atoms with Crippen molar-refractivity contribution in [3.05, 3.63) is 57.5 Å². The SMILES string of the molecule is Cc1cc([C@H](c2ccsc2)N2CCNCC2)ccc1F.Cl. The van der Waals surface area contributed by atoms with Gasteiger partial charge in [0.2, 0.25) is 0 Å². The van der Waals surface area contributed by atoms with Gasteiger partial charge in [-0.1, -0.05) is 12.1 Å². The van der Waals surface area contributed by atoms with E-state index in [0.717, 1.165) is 31.7 Å². The Kier molecular flexibility index (Phi) is 5.76. The first kappa shape index (κ1) is 16.4. The summed E-state index contributed by atoms with van der Waals surface area (Å²) in [5.74, 6) is -0.127. The van der Waals surface area contributed by atoms with Crippen LogP contribution in [0.4, 0.5) is 4.39 Å². The predicted molar refractivity (Wildman–Crippen MR) is 89.0 cm³/mol. The van der Waals surface area contributed by atoms with E-state index in [4.69, 9.17) is 0 Å². The van der Waals surface area contributed by atoms with Crippen LogP contribution < -0.4 is 5.32 Å². The molecular formula is C16H20ClFN2S. The van der Waals surface area contributed by atoms with Gasteiger partial charge in [0.15, 0.2) is 0 Å². The van der Waals surface area contributed by atoms with Crippen molar-refractivity contribution in [1.82, 2.24) is 10.2 Å². The van der Waals surface area contributed by atoms with E-state index in [1.165, 1.54) is 11.1 Å². The molecule has 1 saturated heterocycles. The second-order valence-corrected chi connectivity index (χ2v) is 6.03. The van der Waals surface area contributed by atoms with E-state index < -0.39 is 0 Å².